The maximum atomic E-state index is 12.3. The number of phosphoric acid groups is 1. The van der Waals surface area contributed by atoms with Crippen LogP contribution in [0.4, 0.5) is 0 Å². The Bertz CT molecular complexity index is 676. The predicted octanol–water partition coefficient (Wildman–Crippen LogP) is 4.88. The summed E-state index contributed by atoms with van der Waals surface area (Å²) in [6.45, 7) is 2.53. The summed E-state index contributed by atoms with van der Waals surface area (Å²) in [4.78, 5) is 44.7. The highest BCUT2D eigenvalue weighted by Crippen LogP contribution is 2.43. The van der Waals surface area contributed by atoms with E-state index < -0.39 is 51.1 Å². The molecule has 0 aromatic carbocycles. The first kappa shape index (κ1) is 35.5. The van der Waals surface area contributed by atoms with Crippen molar-refractivity contribution in [3.63, 3.8) is 0 Å². The summed E-state index contributed by atoms with van der Waals surface area (Å²) in [6, 6.07) is -1.51. The highest BCUT2D eigenvalue weighted by atomic mass is 31.2. The highest BCUT2D eigenvalue weighted by Gasteiger charge is 2.28. The van der Waals surface area contributed by atoms with E-state index in [0.717, 1.165) is 32.1 Å². The molecule has 0 aromatic rings. The van der Waals surface area contributed by atoms with Crippen LogP contribution in [-0.2, 0) is 37.5 Å². The monoisotopic (exact) mass is 553 g/mol. The van der Waals surface area contributed by atoms with Crippen molar-refractivity contribution in [2.75, 3.05) is 19.8 Å². The number of carboxylic acids is 1. The fourth-order valence-electron chi connectivity index (χ4n) is 3.36. The largest absolute Gasteiger partial charge is 0.480 e. The first-order chi connectivity index (χ1) is 17.6. The van der Waals surface area contributed by atoms with E-state index in [1.807, 2.05) is 6.92 Å². The quantitative estimate of drug-likeness (QED) is 0.0799. The van der Waals surface area contributed by atoms with Gasteiger partial charge >= 0.3 is 25.7 Å². The van der Waals surface area contributed by atoms with Gasteiger partial charge in [-0.15, -0.1) is 0 Å². The van der Waals surface area contributed by atoms with Crippen LogP contribution in [0.3, 0.4) is 0 Å². The Balaban J connectivity index is 4.51. The van der Waals surface area contributed by atoms with Gasteiger partial charge in [0.15, 0.2) is 6.10 Å². The maximum Gasteiger partial charge on any atom is 0.472 e. The maximum absolute atomic E-state index is 12.3. The molecule has 11 nitrogen and oxygen atoms in total. The summed E-state index contributed by atoms with van der Waals surface area (Å²) in [7, 11) is -4.67. The number of carbonyl (C=O) groups is 3. The minimum atomic E-state index is -4.67. The molecule has 3 unspecified atom stereocenters. The molecule has 37 heavy (non-hydrogen) atoms. The SMILES string of the molecule is CCCCCCCCCCCCC(=O)OC(COC(=O)CCCCC)COP(=O)(O)OCC(N)C(=O)O. The van der Waals surface area contributed by atoms with Gasteiger partial charge in [-0.3, -0.25) is 23.4 Å². The highest BCUT2D eigenvalue weighted by molar-refractivity contribution is 7.47. The number of carbonyl (C=O) groups excluding carboxylic acids is 2. The van der Waals surface area contributed by atoms with Crippen molar-refractivity contribution in [2.45, 2.75) is 122 Å². The smallest absolute Gasteiger partial charge is 0.472 e. The molecule has 12 heteroatoms. The zero-order valence-corrected chi connectivity index (χ0v) is 23.5. The summed E-state index contributed by atoms with van der Waals surface area (Å²) in [5, 5.41) is 8.74. The Morgan fingerprint density at radius 1 is 0.730 bits per heavy atom. The first-order valence-corrected chi connectivity index (χ1v) is 15.1. The van der Waals surface area contributed by atoms with E-state index in [0.29, 0.717) is 12.8 Å². The van der Waals surface area contributed by atoms with Gasteiger partial charge in [-0.1, -0.05) is 84.5 Å². The average molecular weight is 554 g/mol. The van der Waals surface area contributed by atoms with Crippen molar-refractivity contribution in [3.8, 4) is 0 Å². The Kier molecular flexibility index (Phi) is 21.5. The molecule has 0 fully saturated rings. The van der Waals surface area contributed by atoms with Crippen LogP contribution in [0, 0.1) is 0 Å². The van der Waals surface area contributed by atoms with Crippen molar-refractivity contribution in [1.29, 1.82) is 0 Å². The Morgan fingerprint density at radius 2 is 1.19 bits per heavy atom. The van der Waals surface area contributed by atoms with Gasteiger partial charge in [0, 0.05) is 12.8 Å². The number of ether oxygens (including phenoxy) is 2. The molecule has 0 aliphatic heterocycles. The van der Waals surface area contributed by atoms with E-state index in [2.05, 4.69) is 11.4 Å². The van der Waals surface area contributed by atoms with Gasteiger partial charge in [0.1, 0.15) is 12.6 Å². The molecule has 0 spiro atoms. The van der Waals surface area contributed by atoms with E-state index in [1.54, 1.807) is 0 Å². The van der Waals surface area contributed by atoms with Crippen LogP contribution in [0.1, 0.15) is 110 Å². The van der Waals surface area contributed by atoms with E-state index in [4.69, 9.17) is 24.8 Å². The van der Waals surface area contributed by atoms with Crippen LogP contribution >= 0.6 is 7.82 Å². The van der Waals surface area contributed by atoms with Crippen LogP contribution in [0.25, 0.3) is 0 Å². The van der Waals surface area contributed by atoms with Crippen molar-refractivity contribution < 1.29 is 47.5 Å². The van der Waals surface area contributed by atoms with Crippen molar-refractivity contribution in [3.05, 3.63) is 0 Å². The van der Waals surface area contributed by atoms with Crippen LogP contribution in [0.2, 0.25) is 0 Å². The third kappa shape index (κ3) is 22.2. The molecule has 218 valence electrons. The average Bonchev–Trinajstić information content (AvgIpc) is 2.85. The van der Waals surface area contributed by atoms with E-state index in [9.17, 15) is 23.8 Å². The molecule has 0 bridgehead atoms. The molecule has 0 amide bonds. The van der Waals surface area contributed by atoms with Crippen LogP contribution in [0.5, 0.6) is 0 Å². The van der Waals surface area contributed by atoms with Gasteiger partial charge in [-0.2, -0.15) is 0 Å². The lowest BCUT2D eigenvalue weighted by molar-refractivity contribution is -0.161. The zero-order valence-electron chi connectivity index (χ0n) is 22.6. The molecule has 0 heterocycles. The van der Waals surface area contributed by atoms with Crippen LogP contribution in [-0.4, -0.2) is 59.9 Å². The molecule has 0 aliphatic rings. The molecule has 3 atom stereocenters. The Hall–Kier alpha value is -1.52. The van der Waals surface area contributed by atoms with Gasteiger partial charge < -0.3 is 25.2 Å². The second kappa shape index (κ2) is 22.5. The molecule has 0 radical (unpaired) electrons. The topological polar surface area (TPSA) is 172 Å². The predicted molar refractivity (Wildman–Crippen MR) is 139 cm³/mol. The first-order valence-electron chi connectivity index (χ1n) is 13.6. The molecule has 4 N–H and O–H groups in total. The number of carboxylic acid groups (broad SMARTS) is 1. The number of phosphoric ester groups is 1. The zero-order chi connectivity index (χ0) is 27.9. The lowest BCUT2D eigenvalue weighted by Gasteiger charge is -2.20. The van der Waals surface area contributed by atoms with Gasteiger partial charge in [-0.25, -0.2) is 4.57 Å². The number of hydrogen-bond acceptors (Lipinski definition) is 9. The summed E-state index contributed by atoms with van der Waals surface area (Å²) >= 11 is 0. The Labute approximate surface area is 221 Å². The fourth-order valence-corrected chi connectivity index (χ4v) is 4.13. The molecule has 0 saturated carbocycles. The molecule has 0 saturated heterocycles. The lowest BCUT2D eigenvalue weighted by Crippen LogP contribution is -2.34. The van der Waals surface area contributed by atoms with Crippen LogP contribution < -0.4 is 5.73 Å². The standard InChI is InChI=1S/C25H48NO10P/c1-3-5-7-8-9-10-11-12-13-15-17-24(28)36-21(18-33-23(27)16-14-6-4-2)19-34-37(31,32)35-20-22(26)25(29)30/h21-22H,3-20,26H2,1-2H3,(H,29,30)(H,31,32). The van der Waals surface area contributed by atoms with Gasteiger partial charge in [0.2, 0.25) is 0 Å². The summed E-state index contributed by atoms with van der Waals surface area (Å²) in [5.74, 6) is -2.41. The number of esters is 2. The number of nitrogens with two attached hydrogens (primary N) is 1. The Morgan fingerprint density at radius 3 is 1.76 bits per heavy atom. The normalized spacial score (nSPS) is 14.5. The van der Waals surface area contributed by atoms with Gasteiger partial charge in [-0.05, 0) is 12.8 Å². The number of rotatable bonds is 25. The molecule has 0 aliphatic carbocycles. The fraction of sp³-hybridized carbons (Fsp3) is 0.880. The van der Waals surface area contributed by atoms with Crippen molar-refractivity contribution in [1.82, 2.24) is 0 Å². The molecule has 0 aromatic heterocycles. The number of aliphatic carboxylic acids is 1. The van der Waals surface area contributed by atoms with Crippen molar-refractivity contribution in [2.24, 2.45) is 5.73 Å². The van der Waals surface area contributed by atoms with Crippen molar-refractivity contribution >= 4 is 25.7 Å². The van der Waals surface area contributed by atoms with E-state index in [1.165, 1.54) is 38.5 Å². The second-order valence-corrected chi connectivity index (χ2v) is 10.6. The van der Waals surface area contributed by atoms with E-state index in [-0.39, 0.29) is 19.4 Å². The number of hydrogen-bond donors (Lipinski definition) is 3. The lowest BCUT2D eigenvalue weighted by atomic mass is 10.1. The number of unbranched alkanes of at least 4 members (excludes halogenated alkanes) is 11. The molecular formula is C25H48NO10P. The third-order valence-electron chi connectivity index (χ3n) is 5.61. The second-order valence-electron chi connectivity index (χ2n) is 9.19. The molecular weight excluding hydrogens is 505 g/mol. The van der Waals surface area contributed by atoms with Gasteiger partial charge in [0.25, 0.3) is 0 Å². The summed E-state index contributed by atoms with van der Waals surface area (Å²) in [6.07, 6.45) is 12.9. The summed E-state index contributed by atoms with van der Waals surface area (Å²) < 4.78 is 31.9. The molecule has 0 rings (SSSR count). The third-order valence-corrected chi connectivity index (χ3v) is 6.56. The van der Waals surface area contributed by atoms with Crippen LogP contribution in [0.15, 0.2) is 0 Å². The van der Waals surface area contributed by atoms with E-state index >= 15 is 0 Å². The minimum Gasteiger partial charge on any atom is -0.480 e. The minimum absolute atomic E-state index is 0.165. The summed E-state index contributed by atoms with van der Waals surface area (Å²) in [5.41, 5.74) is 5.25. The van der Waals surface area contributed by atoms with Gasteiger partial charge in [0.05, 0.1) is 13.2 Å².